The molecule has 0 amide bonds. The number of hydrogen-bond donors (Lipinski definition) is 2. The van der Waals surface area contributed by atoms with E-state index in [1.165, 1.54) is 0 Å². The maximum absolute atomic E-state index is 11.5. The number of nitrogens with zero attached hydrogens (tertiary/aromatic N) is 1. The minimum absolute atomic E-state index is 0.401. The van der Waals surface area contributed by atoms with Crippen LogP contribution in [0.15, 0.2) is 0 Å². The average Bonchev–Trinajstić information content (AvgIpc) is 3.13. The second-order valence-corrected chi connectivity index (χ2v) is 6.31. The molecule has 1 unspecified atom stereocenters. The molecular formula is C14H26N2O3. The first-order valence-corrected chi connectivity index (χ1v) is 7.27. The lowest BCUT2D eigenvalue weighted by Gasteiger charge is -2.34. The normalized spacial score (nSPS) is 24.4. The molecule has 1 aliphatic carbocycles. The molecule has 2 aliphatic rings. The van der Waals surface area contributed by atoms with Crippen molar-refractivity contribution in [3.05, 3.63) is 0 Å². The van der Waals surface area contributed by atoms with Gasteiger partial charge in [0.2, 0.25) is 0 Å². The standard InChI is InChI=1S/C14H26N2O3/c1-14(13(17)18,15-12-3-4-12)10-16(2)9-11-5-7-19-8-6-11/h11-12,15H,3-10H2,1-2H3,(H,17,18). The molecule has 0 radical (unpaired) electrons. The van der Waals surface area contributed by atoms with Crippen LogP contribution in [-0.2, 0) is 9.53 Å². The molecule has 110 valence electrons. The SMILES string of the molecule is CN(CC1CCOCC1)CC(C)(NC1CC1)C(=O)O. The molecule has 0 bridgehead atoms. The Hall–Kier alpha value is -0.650. The Morgan fingerprint density at radius 2 is 2.00 bits per heavy atom. The maximum Gasteiger partial charge on any atom is 0.324 e. The Bertz CT molecular complexity index is 314. The molecule has 2 rings (SSSR count). The molecule has 2 fully saturated rings. The summed E-state index contributed by atoms with van der Waals surface area (Å²) in [5, 5.41) is 12.7. The number of carboxylic acids is 1. The lowest BCUT2D eigenvalue weighted by atomic mass is 9.97. The predicted molar refractivity (Wildman–Crippen MR) is 73.2 cm³/mol. The van der Waals surface area contributed by atoms with E-state index < -0.39 is 11.5 Å². The summed E-state index contributed by atoms with van der Waals surface area (Å²) in [4.78, 5) is 13.7. The van der Waals surface area contributed by atoms with Gasteiger partial charge in [-0.3, -0.25) is 10.1 Å². The van der Waals surface area contributed by atoms with Crippen LogP contribution in [0.2, 0.25) is 0 Å². The number of likely N-dealkylation sites (N-methyl/N-ethyl adjacent to an activating group) is 1. The number of nitrogens with one attached hydrogen (secondary N) is 1. The Labute approximate surface area is 115 Å². The van der Waals surface area contributed by atoms with Crippen LogP contribution in [0.1, 0.15) is 32.6 Å². The number of aliphatic carboxylic acids is 1. The van der Waals surface area contributed by atoms with E-state index in [0.29, 0.717) is 18.5 Å². The van der Waals surface area contributed by atoms with Crippen LogP contribution in [0.4, 0.5) is 0 Å². The minimum atomic E-state index is -0.832. The zero-order valence-electron chi connectivity index (χ0n) is 12.0. The minimum Gasteiger partial charge on any atom is -0.480 e. The Morgan fingerprint density at radius 3 is 2.53 bits per heavy atom. The fourth-order valence-corrected chi connectivity index (χ4v) is 2.83. The van der Waals surface area contributed by atoms with Crippen molar-refractivity contribution in [2.24, 2.45) is 5.92 Å². The molecule has 1 heterocycles. The highest BCUT2D eigenvalue weighted by molar-refractivity contribution is 5.78. The van der Waals surface area contributed by atoms with Crippen LogP contribution in [0.5, 0.6) is 0 Å². The molecule has 19 heavy (non-hydrogen) atoms. The number of ether oxygens (including phenoxy) is 1. The van der Waals surface area contributed by atoms with Gasteiger partial charge in [0.15, 0.2) is 0 Å². The molecule has 1 saturated heterocycles. The van der Waals surface area contributed by atoms with Crippen molar-refractivity contribution < 1.29 is 14.6 Å². The van der Waals surface area contributed by atoms with Gasteiger partial charge in [-0.1, -0.05) is 0 Å². The Kier molecular flexibility index (Phi) is 4.81. The molecule has 2 N–H and O–H groups in total. The van der Waals surface area contributed by atoms with Crippen LogP contribution in [0.25, 0.3) is 0 Å². The highest BCUT2D eigenvalue weighted by Gasteiger charge is 2.39. The van der Waals surface area contributed by atoms with Crippen LogP contribution in [0.3, 0.4) is 0 Å². The largest absolute Gasteiger partial charge is 0.480 e. The second kappa shape index (κ2) is 6.20. The molecule has 5 nitrogen and oxygen atoms in total. The van der Waals surface area contributed by atoms with Gasteiger partial charge in [0.05, 0.1) is 0 Å². The van der Waals surface area contributed by atoms with Gasteiger partial charge in [-0.25, -0.2) is 0 Å². The van der Waals surface area contributed by atoms with Crippen LogP contribution in [0, 0.1) is 5.92 Å². The van der Waals surface area contributed by atoms with Gasteiger partial charge in [0, 0.05) is 32.3 Å². The van der Waals surface area contributed by atoms with E-state index in [1.807, 2.05) is 7.05 Å². The first-order valence-electron chi connectivity index (χ1n) is 7.27. The summed E-state index contributed by atoms with van der Waals surface area (Å²) in [7, 11) is 2.02. The molecule has 0 aromatic carbocycles. The zero-order valence-corrected chi connectivity index (χ0v) is 12.0. The Morgan fingerprint density at radius 1 is 1.37 bits per heavy atom. The highest BCUT2D eigenvalue weighted by Crippen LogP contribution is 2.23. The summed E-state index contributed by atoms with van der Waals surface area (Å²) in [6, 6.07) is 0.401. The van der Waals surface area contributed by atoms with Gasteiger partial charge < -0.3 is 14.7 Å². The molecular weight excluding hydrogens is 244 g/mol. The van der Waals surface area contributed by atoms with Gasteiger partial charge in [0.1, 0.15) is 5.54 Å². The summed E-state index contributed by atoms with van der Waals surface area (Å²) in [6.45, 7) is 4.99. The monoisotopic (exact) mass is 270 g/mol. The van der Waals surface area contributed by atoms with Gasteiger partial charge in [-0.15, -0.1) is 0 Å². The lowest BCUT2D eigenvalue weighted by Crippen LogP contribution is -2.57. The van der Waals surface area contributed by atoms with Crippen LogP contribution in [-0.4, -0.2) is 60.9 Å². The molecule has 5 heteroatoms. The summed E-state index contributed by atoms with van der Waals surface area (Å²) >= 11 is 0. The molecule has 1 atom stereocenters. The van der Waals surface area contributed by atoms with Crippen molar-refractivity contribution >= 4 is 5.97 Å². The fourth-order valence-electron chi connectivity index (χ4n) is 2.83. The first-order chi connectivity index (χ1) is 8.99. The van der Waals surface area contributed by atoms with E-state index in [0.717, 1.165) is 45.4 Å². The number of hydrogen-bond acceptors (Lipinski definition) is 4. The van der Waals surface area contributed by atoms with Gasteiger partial charge in [-0.05, 0) is 45.6 Å². The van der Waals surface area contributed by atoms with Crippen molar-refractivity contribution in [1.29, 1.82) is 0 Å². The van der Waals surface area contributed by atoms with Crippen molar-refractivity contribution in [3.8, 4) is 0 Å². The summed E-state index contributed by atoms with van der Waals surface area (Å²) < 4.78 is 5.36. The number of carboxylic acid groups (broad SMARTS) is 1. The maximum atomic E-state index is 11.5. The Balaban J connectivity index is 1.83. The third-order valence-electron chi connectivity index (χ3n) is 4.07. The van der Waals surface area contributed by atoms with Gasteiger partial charge >= 0.3 is 5.97 Å². The highest BCUT2D eigenvalue weighted by atomic mass is 16.5. The number of carbonyl (C=O) groups is 1. The quantitative estimate of drug-likeness (QED) is 0.721. The lowest BCUT2D eigenvalue weighted by molar-refractivity contribution is -0.145. The van der Waals surface area contributed by atoms with E-state index in [1.54, 1.807) is 6.92 Å². The summed E-state index contributed by atoms with van der Waals surface area (Å²) in [5.41, 5.74) is -0.832. The van der Waals surface area contributed by atoms with E-state index in [4.69, 9.17) is 4.74 Å². The summed E-state index contributed by atoms with van der Waals surface area (Å²) in [6.07, 6.45) is 4.38. The molecule has 0 aromatic heterocycles. The fraction of sp³-hybridized carbons (Fsp3) is 0.929. The zero-order chi connectivity index (χ0) is 13.9. The molecule has 1 saturated carbocycles. The topological polar surface area (TPSA) is 61.8 Å². The van der Waals surface area contributed by atoms with Crippen molar-refractivity contribution in [2.75, 3.05) is 33.4 Å². The van der Waals surface area contributed by atoms with Crippen molar-refractivity contribution in [3.63, 3.8) is 0 Å². The van der Waals surface area contributed by atoms with E-state index >= 15 is 0 Å². The third kappa shape index (κ3) is 4.44. The molecule has 0 spiro atoms. The molecule has 1 aliphatic heterocycles. The third-order valence-corrected chi connectivity index (χ3v) is 4.07. The molecule has 0 aromatic rings. The van der Waals surface area contributed by atoms with Crippen LogP contribution >= 0.6 is 0 Å². The number of rotatable bonds is 7. The van der Waals surface area contributed by atoms with Gasteiger partial charge in [0.25, 0.3) is 0 Å². The smallest absolute Gasteiger partial charge is 0.324 e. The van der Waals surface area contributed by atoms with Crippen LogP contribution < -0.4 is 5.32 Å². The first kappa shape index (κ1) is 14.8. The van der Waals surface area contributed by atoms with E-state index in [9.17, 15) is 9.90 Å². The van der Waals surface area contributed by atoms with Crippen molar-refractivity contribution in [2.45, 2.75) is 44.2 Å². The summed E-state index contributed by atoms with van der Waals surface area (Å²) in [5.74, 6) is -0.115. The van der Waals surface area contributed by atoms with E-state index in [2.05, 4.69) is 10.2 Å². The average molecular weight is 270 g/mol. The van der Waals surface area contributed by atoms with E-state index in [-0.39, 0.29) is 0 Å². The van der Waals surface area contributed by atoms with Gasteiger partial charge in [-0.2, -0.15) is 0 Å². The predicted octanol–water partition coefficient (Wildman–Crippen LogP) is 0.940. The van der Waals surface area contributed by atoms with Crippen molar-refractivity contribution in [1.82, 2.24) is 10.2 Å². The second-order valence-electron chi connectivity index (χ2n) is 6.31.